The van der Waals surface area contributed by atoms with Gasteiger partial charge in [-0.25, -0.2) is 4.98 Å². The molecular formula is C14H16N2S. The van der Waals surface area contributed by atoms with E-state index in [9.17, 15) is 0 Å². The summed E-state index contributed by atoms with van der Waals surface area (Å²) < 4.78 is 0. The maximum absolute atomic E-state index is 4.75. The highest BCUT2D eigenvalue weighted by Crippen LogP contribution is 2.29. The van der Waals surface area contributed by atoms with Crippen molar-refractivity contribution in [3.05, 3.63) is 40.9 Å². The number of rotatable bonds is 2. The van der Waals surface area contributed by atoms with Crippen molar-refractivity contribution in [1.29, 1.82) is 0 Å². The second-order valence-corrected chi connectivity index (χ2v) is 5.45. The van der Waals surface area contributed by atoms with E-state index in [1.807, 2.05) is 0 Å². The lowest BCUT2D eigenvalue weighted by Gasteiger charge is -2.05. The van der Waals surface area contributed by atoms with Gasteiger partial charge in [-0.3, -0.25) is 0 Å². The predicted octanol–water partition coefficient (Wildman–Crippen LogP) is 3.54. The Hall–Kier alpha value is -1.19. The highest BCUT2D eigenvalue weighted by atomic mass is 32.1. The number of benzene rings is 1. The van der Waals surface area contributed by atoms with Crippen molar-refractivity contribution in [2.75, 3.05) is 6.54 Å². The van der Waals surface area contributed by atoms with E-state index in [1.165, 1.54) is 29.7 Å². The normalized spacial score (nSPS) is 19.7. The zero-order valence-corrected chi connectivity index (χ0v) is 10.8. The van der Waals surface area contributed by atoms with Gasteiger partial charge in [0.05, 0.1) is 11.7 Å². The van der Waals surface area contributed by atoms with Crippen LogP contribution in [0.1, 0.15) is 30.1 Å². The average molecular weight is 244 g/mol. The van der Waals surface area contributed by atoms with E-state index in [2.05, 4.69) is 41.9 Å². The monoisotopic (exact) mass is 244 g/mol. The van der Waals surface area contributed by atoms with Crippen LogP contribution in [-0.2, 0) is 0 Å². The summed E-state index contributed by atoms with van der Waals surface area (Å²) in [6.07, 6.45) is 2.49. The Morgan fingerprint density at radius 2 is 2.12 bits per heavy atom. The van der Waals surface area contributed by atoms with Gasteiger partial charge in [-0.2, -0.15) is 0 Å². The first-order chi connectivity index (χ1) is 8.33. The molecule has 2 nitrogen and oxygen atoms in total. The second-order valence-electron chi connectivity index (χ2n) is 4.59. The molecule has 1 aromatic heterocycles. The Kier molecular flexibility index (Phi) is 2.95. The van der Waals surface area contributed by atoms with Gasteiger partial charge in [0.1, 0.15) is 5.01 Å². The third-order valence-electron chi connectivity index (χ3n) is 3.24. The molecular weight excluding hydrogens is 228 g/mol. The molecule has 3 heteroatoms. The zero-order chi connectivity index (χ0) is 11.7. The molecule has 0 aliphatic carbocycles. The number of hydrogen-bond acceptors (Lipinski definition) is 3. The molecule has 1 atom stereocenters. The molecule has 1 aliphatic heterocycles. The second kappa shape index (κ2) is 4.59. The minimum Gasteiger partial charge on any atom is -0.309 e. The fraction of sp³-hybridized carbons (Fsp3) is 0.357. The molecule has 0 spiro atoms. The van der Waals surface area contributed by atoms with Gasteiger partial charge >= 0.3 is 0 Å². The highest BCUT2D eigenvalue weighted by Gasteiger charge is 2.19. The number of nitrogens with zero attached hydrogens (tertiary/aromatic N) is 1. The van der Waals surface area contributed by atoms with E-state index < -0.39 is 0 Å². The third-order valence-corrected chi connectivity index (χ3v) is 4.15. The molecule has 2 aromatic rings. The Morgan fingerprint density at radius 1 is 1.29 bits per heavy atom. The summed E-state index contributed by atoms with van der Waals surface area (Å²) in [5.74, 6) is 0. The van der Waals surface area contributed by atoms with E-state index in [4.69, 9.17) is 4.98 Å². The van der Waals surface area contributed by atoms with Gasteiger partial charge in [-0.15, -0.1) is 11.3 Å². The van der Waals surface area contributed by atoms with Crippen molar-refractivity contribution in [3.63, 3.8) is 0 Å². The van der Waals surface area contributed by atoms with Gasteiger partial charge in [0, 0.05) is 10.9 Å². The van der Waals surface area contributed by atoms with Crippen LogP contribution in [0.25, 0.3) is 10.6 Å². The van der Waals surface area contributed by atoms with E-state index in [0.29, 0.717) is 6.04 Å². The van der Waals surface area contributed by atoms with Gasteiger partial charge in [0.25, 0.3) is 0 Å². The quantitative estimate of drug-likeness (QED) is 0.874. The minimum absolute atomic E-state index is 0.477. The first kappa shape index (κ1) is 10.9. The largest absolute Gasteiger partial charge is 0.309 e. The van der Waals surface area contributed by atoms with Crippen LogP contribution in [0.15, 0.2) is 29.6 Å². The van der Waals surface area contributed by atoms with Crippen LogP contribution in [0.3, 0.4) is 0 Å². The summed E-state index contributed by atoms with van der Waals surface area (Å²) in [4.78, 5) is 4.75. The summed E-state index contributed by atoms with van der Waals surface area (Å²) in [7, 11) is 0. The van der Waals surface area contributed by atoms with Crippen LogP contribution < -0.4 is 5.32 Å². The van der Waals surface area contributed by atoms with E-state index >= 15 is 0 Å². The van der Waals surface area contributed by atoms with Gasteiger partial charge in [0.15, 0.2) is 0 Å². The van der Waals surface area contributed by atoms with Crippen LogP contribution in [0.5, 0.6) is 0 Å². The van der Waals surface area contributed by atoms with Crippen molar-refractivity contribution in [1.82, 2.24) is 10.3 Å². The molecule has 1 saturated heterocycles. The average Bonchev–Trinajstić information content (AvgIpc) is 3.00. The molecule has 1 fully saturated rings. The molecule has 0 bridgehead atoms. The van der Waals surface area contributed by atoms with E-state index in [1.54, 1.807) is 11.3 Å². The number of thiazole rings is 1. The highest BCUT2D eigenvalue weighted by molar-refractivity contribution is 7.13. The van der Waals surface area contributed by atoms with Crippen molar-refractivity contribution in [2.45, 2.75) is 25.8 Å². The van der Waals surface area contributed by atoms with Crippen LogP contribution in [0.4, 0.5) is 0 Å². The summed E-state index contributed by atoms with van der Waals surface area (Å²) in [5, 5.41) is 6.82. The Balaban J connectivity index is 1.86. The molecule has 88 valence electrons. The Morgan fingerprint density at radius 3 is 2.82 bits per heavy atom. The van der Waals surface area contributed by atoms with Gasteiger partial charge in [-0.1, -0.05) is 29.8 Å². The fourth-order valence-electron chi connectivity index (χ4n) is 2.21. The first-order valence-corrected chi connectivity index (χ1v) is 6.97. The summed E-state index contributed by atoms with van der Waals surface area (Å²) in [6, 6.07) is 9.07. The SMILES string of the molecule is Cc1ccc(-c2nc([C@@H]3CCCN3)cs2)cc1. The van der Waals surface area contributed by atoms with Crippen LogP contribution >= 0.6 is 11.3 Å². The molecule has 1 N–H and O–H groups in total. The number of aromatic nitrogens is 1. The maximum atomic E-state index is 4.75. The first-order valence-electron chi connectivity index (χ1n) is 6.09. The lowest BCUT2D eigenvalue weighted by Crippen LogP contribution is -2.12. The van der Waals surface area contributed by atoms with Gasteiger partial charge < -0.3 is 5.32 Å². The lowest BCUT2D eigenvalue weighted by molar-refractivity contribution is 0.632. The van der Waals surface area contributed by atoms with E-state index in [0.717, 1.165) is 11.6 Å². The standard InChI is InChI=1S/C14H16N2S/c1-10-4-6-11(7-5-10)14-16-13(9-17-14)12-3-2-8-15-12/h4-7,9,12,15H,2-3,8H2,1H3/t12-/m0/s1. The lowest BCUT2D eigenvalue weighted by atomic mass is 10.1. The summed E-state index contributed by atoms with van der Waals surface area (Å²) >= 11 is 1.74. The van der Waals surface area contributed by atoms with Crippen molar-refractivity contribution >= 4 is 11.3 Å². The van der Waals surface area contributed by atoms with Crippen LogP contribution in [0, 0.1) is 6.92 Å². The summed E-state index contributed by atoms with van der Waals surface area (Å²) in [6.45, 7) is 3.24. The maximum Gasteiger partial charge on any atom is 0.123 e. The molecule has 0 saturated carbocycles. The third kappa shape index (κ3) is 2.26. The number of hydrogen-bond donors (Lipinski definition) is 1. The van der Waals surface area contributed by atoms with E-state index in [-0.39, 0.29) is 0 Å². The van der Waals surface area contributed by atoms with Gasteiger partial charge in [-0.05, 0) is 26.3 Å². The molecule has 1 aromatic carbocycles. The van der Waals surface area contributed by atoms with Crippen LogP contribution in [0.2, 0.25) is 0 Å². The molecule has 0 amide bonds. The minimum atomic E-state index is 0.477. The zero-order valence-electron chi connectivity index (χ0n) is 9.94. The fourth-order valence-corrected chi connectivity index (χ4v) is 3.09. The smallest absolute Gasteiger partial charge is 0.123 e. The predicted molar refractivity (Wildman–Crippen MR) is 72.3 cm³/mol. The molecule has 17 heavy (non-hydrogen) atoms. The summed E-state index contributed by atoms with van der Waals surface area (Å²) in [5.41, 5.74) is 3.73. The van der Waals surface area contributed by atoms with Crippen LogP contribution in [-0.4, -0.2) is 11.5 Å². The molecule has 0 radical (unpaired) electrons. The number of nitrogens with one attached hydrogen (secondary N) is 1. The molecule has 2 heterocycles. The number of aryl methyl sites for hydroxylation is 1. The Labute approximate surface area is 106 Å². The molecule has 0 unspecified atom stereocenters. The van der Waals surface area contributed by atoms with Crippen molar-refractivity contribution in [2.24, 2.45) is 0 Å². The topological polar surface area (TPSA) is 24.9 Å². The van der Waals surface area contributed by atoms with Crippen molar-refractivity contribution in [3.8, 4) is 10.6 Å². The molecule has 3 rings (SSSR count). The van der Waals surface area contributed by atoms with Crippen molar-refractivity contribution < 1.29 is 0 Å². The molecule has 1 aliphatic rings. The Bertz CT molecular complexity index is 495. The van der Waals surface area contributed by atoms with Gasteiger partial charge in [0.2, 0.25) is 0 Å².